The molecule has 2 aromatic heterocycles. The SMILES string of the molecule is CCc1sc2ncnc(Nc3ccccc3C(F)(F)F)c2c1-c1ccc(Br)cc1. The lowest BCUT2D eigenvalue weighted by atomic mass is 10.0. The monoisotopic (exact) mass is 477 g/mol. The largest absolute Gasteiger partial charge is 0.418 e. The average Bonchev–Trinajstić information content (AvgIpc) is 3.08. The van der Waals surface area contributed by atoms with E-state index in [4.69, 9.17) is 0 Å². The highest BCUT2D eigenvalue weighted by molar-refractivity contribution is 9.10. The highest BCUT2D eigenvalue weighted by Gasteiger charge is 2.33. The zero-order valence-electron chi connectivity index (χ0n) is 15.2. The van der Waals surface area contributed by atoms with Gasteiger partial charge in [-0.15, -0.1) is 11.3 Å². The minimum atomic E-state index is -4.46. The lowest BCUT2D eigenvalue weighted by molar-refractivity contribution is -0.136. The summed E-state index contributed by atoms with van der Waals surface area (Å²) in [5.74, 6) is 0.362. The van der Waals surface area contributed by atoms with Crippen molar-refractivity contribution in [2.24, 2.45) is 0 Å². The maximum absolute atomic E-state index is 13.4. The van der Waals surface area contributed by atoms with Crippen LogP contribution in [0.15, 0.2) is 59.3 Å². The van der Waals surface area contributed by atoms with E-state index in [0.29, 0.717) is 5.82 Å². The second-order valence-electron chi connectivity index (χ2n) is 6.33. The van der Waals surface area contributed by atoms with Crippen molar-refractivity contribution < 1.29 is 13.2 Å². The number of rotatable bonds is 4. The molecule has 0 spiro atoms. The van der Waals surface area contributed by atoms with Crippen LogP contribution in [0.25, 0.3) is 21.3 Å². The lowest BCUT2D eigenvalue weighted by Crippen LogP contribution is -2.09. The van der Waals surface area contributed by atoms with Crippen LogP contribution in [0.5, 0.6) is 0 Å². The first-order valence-electron chi connectivity index (χ1n) is 8.84. The van der Waals surface area contributed by atoms with Gasteiger partial charge in [0.15, 0.2) is 0 Å². The normalized spacial score (nSPS) is 11.8. The number of hydrogen-bond acceptors (Lipinski definition) is 4. The van der Waals surface area contributed by atoms with Gasteiger partial charge in [0.1, 0.15) is 17.0 Å². The van der Waals surface area contributed by atoms with Crippen LogP contribution >= 0.6 is 27.3 Å². The van der Waals surface area contributed by atoms with Crippen LogP contribution in [0, 0.1) is 0 Å². The molecule has 2 aromatic carbocycles. The summed E-state index contributed by atoms with van der Waals surface area (Å²) in [5, 5.41) is 3.64. The van der Waals surface area contributed by atoms with E-state index in [1.807, 2.05) is 31.2 Å². The number of aromatic nitrogens is 2. The van der Waals surface area contributed by atoms with Crippen LogP contribution in [-0.4, -0.2) is 9.97 Å². The molecule has 4 rings (SSSR count). The molecule has 8 heteroatoms. The summed E-state index contributed by atoms with van der Waals surface area (Å²) >= 11 is 4.97. The van der Waals surface area contributed by atoms with Crippen molar-refractivity contribution in [1.82, 2.24) is 9.97 Å². The molecule has 0 aliphatic heterocycles. The molecule has 0 fully saturated rings. The van der Waals surface area contributed by atoms with E-state index in [0.717, 1.165) is 43.2 Å². The van der Waals surface area contributed by atoms with E-state index in [1.165, 1.54) is 29.8 Å². The number of hydrogen-bond donors (Lipinski definition) is 1. The Morgan fingerprint density at radius 2 is 1.76 bits per heavy atom. The van der Waals surface area contributed by atoms with E-state index in [1.54, 1.807) is 6.07 Å². The van der Waals surface area contributed by atoms with Crippen molar-refractivity contribution >= 4 is 49.0 Å². The van der Waals surface area contributed by atoms with Gasteiger partial charge in [0.2, 0.25) is 0 Å². The molecule has 2 heterocycles. The van der Waals surface area contributed by atoms with E-state index < -0.39 is 11.7 Å². The molecule has 148 valence electrons. The Morgan fingerprint density at radius 3 is 2.45 bits per heavy atom. The minimum absolute atomic E-state index is 0.0361. The van der Waals surface area contributed by atoms with Gasteiger partial charge < -0.3 is 5.32 Å². The van der Waals surface area contributed by atoms with E-state index in [2.05, 4.69) is 31.2 Å². The van der Waals surface area contributed by atoms with Crippen LogP contribution < -0.4 is 5.32 Å². The molecule has 0 bridgehead atoms. The third kappa shape index (κ3) is 3.86. The Kier molecular flexibility index (Phi) is 5.31. The predicted molar refractivity (Wildman–Crippen MR) is 115 cm³/mol. The Balaban J connectivity index is 1.91. The Labute approximate surface area is 177 Å². The van der Waals surface area contributed by atoms with Crippen molar-refractivity contribution in [1.29, 1.82) is 0 Å². The van der Waals surface area contributed by atoms with Crippen molar-refractivity contribution in [3.05, 3.63) is 69.8 Å². The van der Waals surface area contributed by atoms with Crippen LogP contribution in [0.3, 0.4) is 0 Å². The number of nitrogens with one attached hydrogen (secondary N) is 1. The fourth-order valence-corrected chi connectivity index (χ4v) is 4.58. The van der Waals surface area contributed by atoms with Crippen molar-refractivity contribution in [2.75, 3.05) is 5.32 Å². The lowest BCUT2D eigenvalue weighted by Gasteiger charge is -2.15. The van der Waals surface area contributed by atoms with Crippen molar-refractivity contribution in [3.63, 3.8) is 0 Å². The highest BCUT2D eigenvalue weighted by Crippen LogP contribution is 2.43. The van der Waals surface area contributed by atoms with Crippen molar-refractivity contribution in [2.45, 2.75) is 19.5 Å². The molecule has 3 nitrogen and oxygen atoms in total. The van der Waals surface area contributed by atoms with E-state index in [9.17, 15) is 13.2 Å². The summed E-state index contributed by atoms with van der Waals surface area (Å²) in [5.41, 5.74) is 1.15. The van der Waals surface area contributed by atoms with Gasteiger partial charge in [-0.1, -0.05) is 47.1 Å². The first-order chi connectivity index (χ1) is 13.9. The summed E-state index contributed by atoms with van der Waals surface area (Å²) in [6.45, 7) is 2.05. The molecule has 0 unspecified atom stereocenters. The highest BCUT2D eigenvalue weighted by atomic mass is 79.9. The van der Waals surface area contributed by atoms with E-state index >= 15 is 0 Å². The zero-order chi connectivity index (χ0) is 20.6. The molecule has 0 aliphatic rings. The summed E-state index contributed by atoms with van der Waals surface area (Å²) in [6, 6.07) is 13.2. The Hall–Kier alpha value is -2.45. The van der Waals surface area contributed by atoms with Gasteiger partial charge in [0, 0.05) is 14.9 Å². The standard InChI is InChI=1S/C21H15BrF3N3S/c1-2-16-17(12-7-9-13(22)10-8-12)18-19(26-11-27-20(18)29-16)28-15-6-4-3-5-14(15)21(23,24)25/h3-11H,2H2,1H3,(H,26,27,28). The van der Waals surface area contributed by atoms with Crippen molar-refractivity contribution in [3.8, 4) is 11.1 Å². The molecule has 0 aliphatic carbocycles. The summed E-state index contributed by atoms with van der Waals surface area (Å²) in [6.07, 6.45) is -2.30. The maximum Gasteiger partial charge on any atom is 0.418 e. The predicted octanol–water partition coefficient (Wildman–Crippen LogP) is 7.45. The number of aryl methyl sites for hydroxylation is 1. The van der Waals surface area contributed by atoms with Gasteiger partial charge in [-0.2, -0.15) is 13.2 Å². The summed E-state index contributed by atoms with van der Waals surface area (Å²) < 4.78 is 41.2. The van der Waals surface area contributed by atoms with Gasteiger partial charge in [-0.25, -0.2) is 9.97 Å². The molecule has 0 atom stereocenters. The number of anilines is 2. The summed E-state index contributed by atoms with van der Waals surface area (Å²) in [4.78, 5) is 10.5. The molecule has 0 amide bonds. The summed E-state index contributed by atoms with van der Waals surface area (Å²) in [7, 11) is 0. The van der Waals surface area contributed by atoms with Gasteiger partial charge in [0.05, 0.1) is 16.6 Å². The number of benzene rings is 2. The number of para-hydroxylation sites is 1. The molecule has 0 radical (unpaired) electrons. The number of alkyl halides is 3. The van der Waals surface area contributed by atoms with Gasteiger partial charge >= 0.3 is 6.18 Å². The van der Waals surface area contributed by atoms with Crippen LogP contribution in [0.4, 0.5) is 24.7 Å². The first kappa shape index (κ1) is 19.8. The number of thiophene rings is 1. The maximum atomic E-state index is 13.4. The van der Waals surface area contributed by atoms with Crippen LogP contribution in [-0.2, 0) is 12.6 Å². The van der Waals surface area contributed by atoms with Crippen LogP contribution in [0.2, 0.25) is 0 Å². The first-order valence-corrected chi connectivity index (χ1v) is 10.4. The van der Waals surface area contributed by atoms with Gasteiger partial charge in [-0.05, 0) is 36.2 Å². The van der Waals surface area contributed by atoms with Crippen LogP contribution in [0.1, 0.15) is 17.4 Å². The average molecular weight is 478 g/mol. The minimum Gasteiger partial charge on any atom is -0.339 e. The van der Waals surface area contributed by atoms with E-state index in [-0.39, 0.29) is 5.69 Å². The number of fused-ring (bicyclic) bond motifs is 1. The zero-order valence-corrected chi connectivity index (χ0v) is 17.6. The second kappa shape index (κ2) is 7.76. The number of nitrogens with zero attached hydrogens (tertiary/aromatic N) is 2. The molecular formula is C21H15BrF3N3S. The van der Waals surface area contributed by atoms with Gasteiger partial charge in [0.25, 0.3) is 0 Å². The Morgan fingerprint density at radius 1 is 1.03 bits per heavy atom. The molecule has 29 heavy (non-hydrogen) atoms. The molecule has 0 saturated carbocycles. The van der Waals surface area contributed by atoms with Gasteiger partial charge in [-0.3, -0.25) is 0 Å². The number of halogens is 4. The molecule has 0 saturated heterocycles. The molecule has 1 N–H and O–H groups in total. The molecular weight excluding hydrogens is 463 g/mol. The topological polar surface area (TPSA) is 37.8 Å². The second-order valence-corrected chi connectivity index (χ2v) is 8.33. The smallest absolute Gasteiger partial charge is 0.339 e. The fraction of sp³-hybridized carbons (Fsp3) is 0.143. The third-order valence-electron chi connectivity index (χ3n) is 4.50. The molecule has 4 aromatic rings. The quantitative estimate of drug-likeness (QED) is 0.331. The fourth-order valence-electron chi connectivity index (χ4n) is 3.21. The third-order valence-corrected chi connectivity index (χ3v) is 6.27. The Bertz CT molecular complexity index is 1170.